The van der Waals surface area contributed by atoms with Crippen LogP contribution >= 0.6 is 0 Å². The van der Waals surface area contributed by atoms with E-state index in [0.717, 1.165) is 17.5 Å². The zero-order valence-corrected chi connectivity index (χ0v) is 22.8. The average molecular weight is 520 g/mol. The van der Waals surface area contributed by atoms with E-state index in [1.165, 1.54) is 4.90 Å². The van der Waals surface area contributed by atoms with Crippen molar-refractivity contribution in [2.24, 2.45) is 0 Å². The van der Waals surface area contributed by atoms with Crippen LogP contribution in [0.4, 0.5) is 4.79 Å². The summed E-state index contributed by atoms with van der Waals surface area (Å²) in [6, 6.07) is 3.05. The molecule has 0 radical (unpaired) electrons. The van der Waals surface area contributed by atoms with Crippen LogP contribution in [0.15, 0.2) is 18.2 Å². The van der Waals surface area contributed by atoms with Gasteiger partial charge in [-0.2, -0.15) is 0 Å². The molecule has 3 amide bonds. The number of nitrogens with zero attached hydrogens (tertiary/aromatic N) is 1. The van der Waals surface area contributed by atoms with Crippen LogP contribution in [0.25, 0.3) is 0 Å². The van der Waals surface area contributed by atoms with Crippen molar-refractivity contribution in [2.75, 3.05) is 19.8 Å². The van der Waals surface area contributed by atoms with Gasteiger partial charge in [0.1, 0.15) is 17.7 Å². The lowest BCUT2D eigenvalue weighted by atomic mass is 9.87. The summed E-state index contributed by atoms with van der Waals surface area (Å²) in [4.78, 5) is 53.1. The number of alkyl carbamates (subject to hydrolysis) is 1. The molecule has 0 spiro atoms. The van der Waals surface area contributed by atoms with Gasteiger partial charge in [-0.05, 0) is 71.9 Å². The number of aryl methyl sites for hydroxylation is 2. The van der Waals surface area contributed by atoms with Crippen molar-refractivity contribution in [1.29, 1.82) is 0 Å². The van der Waals surface area contributed by atoms with Crippen molar-refractivity contribution >= 4 is 23.9 Å². The molecule has 1 fully saturated rings. The summed E-state index contributed by atoms with van der Waals surface area (Å²) in [6.45, 7) is 10.2. The van der Waals surface area contributed by atoms with Crippen LogP contribution in [-0.4, -0.2) is 71.3 Å². The van der Waals surface area contributed by atoms with Gasteiger partial charge < -0.3 is 30.1 Å². The van der Waals surface area contributed by atoms with Crippen molar-refractivity contribution < 1.29 is 33.8 Å². The minimum Gasteiger partial charge on any atom is -0.466 e. The monoisotopic (exact) mass is 519 g/mol. The molecule has 2 rings (SSSR count). The largest absolute Gasteiger partial charge is 0.466 e. The van der Waals surface area contributed by atoms with Crippen LogP contribution in [0.3, 0.4) is 0 Å². The average Bonchev–Trinajstić information content (AvgIpc) is 2.75. The Labute approximate surface area is 219 Å². The topological polar surface area (TPSA) is 134 Å². The van der Waals surface area contributed by atoms with Crippen molar-refractivity contribution in [3.8, 4) is 0 Å². The van der Waals surface area contributed by atoms with Crippen molar-refractivity contribution in [1.82, 2.24) is 15.5 Å². The summed E-state index contributed by atoms with van der Waals surface area (Å²) in [5, 5.41) is 15.3. The molecule has 37 heavy (non-hydrogen) atoms. The molecule has 0 aliphatic heterocycles. The molecule has 10 heteroatoms. The summed E-state index contributed by atoms with van der Waals surface area (Å²) in [6.07, 6.45) is 1.43. The van der Waals surface area contributed by atoms with E-state index in [0.29, 0.717) is 18.4 Å². The highest BCUT2D eigenvalue weighted by molar-refractivity contribution is 5.93. The maximum Gasteiger partial charge on any atom is 0.408 e. The maximum atomic E-state index is 13.8. The molecule has 0 aromatic heterocycles. The van der Waals surface area contributed by atoms with Crippen LogP contribution in [-0.2, 0) is 23.9 Å². The lowest BCUT2D eigenvalue weighted by Gasteiger charge is -2.43. The van der Waals surface area contributed by atoms with Gasteiger partial charge in [0.2, 0.25) is 11.8 Å². The second-order valence-electron chi connectivity index (χ2n) is 10.3. The van der Waals surface area contributed by atoms with Gasteiger partial charge in [-0.25, -0.2) is 4.79 Å². The highest BCUT2D eigenvalue weighted by Gasteiger charge is 2.42. The minimum absolute atomic E-state index is 0.00395. The van der Waals surface area contributed by atoms with Crippen LogP contribution in [0.2, 0.25) is 0 Å². The predicted octanol–water partition coefficient (Wildman–Crippen LogP) is 2.68. The number of amides is 3. The number of aliphatic hydroxyl groups excluding tert-OH is 1. The first-order chi connectivity index (χ1) is 17.4. The van der Waals surface area contributed by atoms with Crippen LogP contribution in [0, 0.1) is 13.8 Å². The van der Waals surface area contributed by atoms with E-state index < -0.39 is 48.2 Å². The van der Waals surface area contributed by atoms with E-state index in [1.54, 1.807) is 27.7 Å². The molecule has 2 atom stereocenters. The number of aliphatic hydroxyl groups is 1. The number of hydrogen-bond acceptors (Lipinski definition) is 7. The first-order valence-electron chi connectivity index (χ1n) is 12.8. The highest BCUT2D eigenvalue weighted by atomic mass is 16.6. The summed E-state index contributed by atoms with van der Waals surface area (Å²) in [5.41, 5.74) is 1.67. The Bertz CT molecular complexity index is 969. The van der Waals surface area contributed by atoms with Crippen LogP contribution < -0.4 is 10.6 Å². The molecule has 10 nitrogen and oxygen atoms in total. The number of ether oxygens (including phenoxy) is 2. The first kappa shape index (κ1) is 30.1. The van der Waals surface area contributed by atoms with E-state index in [1.807, 2.05) is 32.0 Å². The van der Waals surface area contributed by atoms with Crippen LogP contribution in [0.1, 0.15) is 76.1 Å². The molecule has 206 valence electrons. The second-order valence-corrected chi connectivity index (χ2v) is 10.3. The van der Waals surface area contributed by atoms with Gasteiger partial charge in [-0.3, -0.25) is 14.4 Å². The van der Waals surface area contributed by atoms with E-state index in [2.05, 4.69) is 10.6 Å². The molecule has 1 saturated carbocycles. The fraction of sp³-hybridized carbons (Fsp3) is 0.630. The normalized spacial score (nSPS) is 15.1. The van der Waals surface area contributed by atoms with Gasteiger partial charge >= 0.3 is 12.1 Å². The van der Waals surface area contributed by atoms with E-state index in [-0.39, 0.29) is 25.6 Å². The Balaban J connectivity index is 2.40. The molecule has 1 aliphatic rings. The number of esters is 1. The van der Waals surface area contributed by atoms with Gasteiger partial charge in [0.25, 0.3) is 0 Å². The summed E-state index contributed by atoms with van der Waals surface area (Å²) in [5.74, 6) is -1.46. The Morgan fingerprint density at radius 1 is 1.16 bits per heavy atom. The molecule has 0 heterocycles. The zero-order chi connectivity index (χ0) is 27.8. The number of rotatable bonds is 11. The number of carbonyl (C=O) groups is 4. The van der Waals surface area contributed by atoms with Gasteiger partial charge in [0.15, 0.2) is 0 Å². The lowest BCUT2D eigenvalue weighted by molar-refractivity contribution is -0.148. The second kappa shape index (κ2) is 13.4. The fourth-order valence-electron chi connectivity index (χ4n) is 4.17. The summed E-state index contributed by atoms with van der Waals surface area (Å²) in [7, 11) is 0. The van der Waals surface area contributed by atoms with Crippen LogP contribution in [0.5, 0.6) is 0 Å². The zero-order valence-electron chi connectivity index (χ0n) is 22.8. The van der Waals surface area contributed by atoms with E-state index >= 15 is 0 Å². The predicted molar refractivity (Wildman–Crippen MR) is 138 cm³/mol. The fourth-order valence-corrected chi connectivity index (χ4v) is 4.17. The standard InChI is InChI=1S/C27H41N3O7/c1-7-36-22(32)13-14-28-24(33)23(20-12-11-17(2)15-18(20)3)30(19-9-8-10-19)25(34)21(16-31)29-26(35)37-27(4,5)6/h11-12,15,19,21,23,31H,7-10,13-14,16H2,1-6H3,(H,28,33)(H,29,35). The number of hydrogen-bond donors (Lipinski definition) is 3. The van der Waals surface area contributed by atoms with E-state index in [9.17, 15) is 24.3 Å². The molecule has 3 N–H and O–H groups in total. The Hall–Kier alpha value is -3.14. The molecule has 2 unspecified atom stereocenters. The van der Waals surface area contributed by atoms with Gasteiger partial charge in [-0.1, -0.05) is 23.8 Å². The van der Waals surface area contributed by atoms with Gasteiger partial charge in [0, 0.05) is 12.6 Å². The Kier molecular flexibility index (Phi) is 10.9. The Morgan fingerprint density at radius 2 is 1.84 bits per heavy atom. The molecular formula is C27H41N3O7. The molecule has 0 bridgehead atoms. The maximum absolute atomic E-state index is 13.8. The first-order valence-corrected chi connectivity index (χ1v) is 12.8. The molecule has 1 aromatic carbocycles. The third-order valence-corrected chi connectivity index (χ3v) is 6.07. The number of nitrogens with one attached hydrogen (secondary N) is 2. The quantitative estimate of drug-likeness (QED) is 0.383. The smallest absolute Gasteiger partial charge is 0.408 e. The van der Waals surface area contributed by atoms with E-state index in [4.69, 9.17) is 9.47 Å². The summed E-state index contributed by atoms with van der Waals surface area (Å²) < 4.78 is 10.2. The molecule has 1 aliphatic carbocycles. The number of benzene rings is 1. The van der Waals surface area contributed by atoms with Crippen molar-refractivity contribution in [3.05, 3.63) is 34.9 Å². The lowest BCUT2D eigenvalue weighted by Crippen LogP contribution is -2.58. The molecule has 1 aromatic rings. The minimum atomic E-state index is -1.30. The van der Waals surface area contributed by atoms with Gasteiger partial charge in [0.05, 0.1) is 19.6 Å². The summed E-state index contributed by atoms with van der Waals surface area (Å²) >= 11 is 0. The molecule has 0 saturated heterocycles. The SMILES string of the molecule is CCOC(=O)CCNC(=O)C(c1ccc(C)cc1C)N(C(=O)C(CO)NC(=O)OC(C)(C)C)C1CCC1. The third-order valence-electron chi connectivity index (χ3n) is 6.07. The van der Waals surface area contributed by atoms with Crippen molar-refractivity contribution in [3.63, 3.8) is 0 Å². The highest BCUT2D eigenvalue weighted by Crippen LogP contribution is 2.35. The van der Waals surface area contributed by atoms with Gasteiger partial charge in [-0.15, -0.1) is 0 Å². The molecular weight excluding hydrogens is 478 g/mol. The Morgan fingerprint density at radius 3 is 2.35 bits per heavy atom. The number of carbonyl (C=O) groups excluding carboxylic acids is 4. The third kappa shape index (κ3) is 8.73. The van der Waals surface area contributed by atoms with Crippen molar-refractivity contribution in [2.45, 2.75) is 91.0 Å².